The standard InChI is InChI=1S/C22H24ClN3O2/c1-13-18(12-16-6-4-5-7-19(16)23)22(27)26-21(24-13)20(14(2)25-26)15-8-10-17(28-3)11-9-15/h4-11,14,20-21,24-25H,12H2,1-3H3. The molecule has 5 nitrogen and oxygen atoms in total. The first-order valence-electron chi connectivity index (χ1n) is 9.43. The summed E-state index contributed by atoms with van der Waals surface area (Å²) in [6, 6.07) is 15.8. The Morgan fingerprint density at radius 1 is 1.14 bits per heavy atom. The van der Waals surface area contributed by atoms with E-state index in [9.17, 15) is 4.79 Å². The molecule has 3 atom stereocenters. The molecule has 0 radical (unpaired) electrons. The summed E-state index contributed by atoms with van der Waals surface area (Å²) in [5.41, 5.74) is 7.11. The lowest BCUT2D eigenvalue weighted by Gasteiger charge is -2.35. The molecule has 1 saturated heterocycles. The van der Waals surface area contributed by atoms with Crippen LogP contribution in [0.1, 0.15) is 30.9 Å². The number of hydrazine groups is 1. The molecule has 0 bridgehead atoms. The molecule has 1 fully saturated rings. The number of fused-ring (bicyclic) bond motifs is 1. The molecule has 0 spiro atoms. The lowest BCUT2D eigenvalue weighted by molar-refractivity contribution is -0.132. The van der Waals surface area contributed by atoms with Crippen molar-refractivity contribution < 1.29 is 9.53 Å². The van der Waals surface area contributed by atoms with Crippen LogP contribution < -0.4 is 15.5 Å². The number of rotatable bonds is 4. The third kappa shape index (κ3) is 3.25. The summed E-state index contributed by atoms with van der Waals surface area (Å²) in [5.74, 6) is 0.959. The zero-order valence-corrected chi connectivity index (χ0v) is 17.0. The van der Waals surface area contributed by atoms with Crippen LogP contribution in [0.5, 0.6) is 5.75 Å². The van der Waals surface area contributed by atoms with Crippen molar-refractivity contribution in [1.82, 2.24) is 15.8 Å². The van der Waals surface area contributed by atoms with Gasteiger partial charge in [0.1, 0.15) is 11.9 Å². The Kier molecular flexibility index (Phi) is 5.04. The molecule has 2 N–H and O–H groups in total. The van der Waals surface area contributed by atoms with Crippen LogP contribution in [0.15, 0.2) is 59.8 Å². The van der Waals surface area contributed by atoms with Crippen LogP contribution in [-0.2, 0) is 11.2 Å². The van der Waals surface area contributed by atoms with Crippen LogP contribution >= 0.6 is 11.6 Å². The largest absolute Gasteiger partial charge is 0.497 e. The van der Waals surface area contributed by atoms with Crippen LogP contribution in [-0.4, -0.2) is 30.2 Å². The Hall–Kier alpha value is -2.50. The average Bonchev–Trinajstić information content (AvgIpc) is 3.02. The summed E-state index contributed by atoms with van der Waals surface area (Å²) in [4.78, 5) is 13.3. The SMILES string of the molecule is COc1ccc(C2C(C)NN3C(=O)C(Cc4ccccc4Cl)=C(C)NC23)cc1. The summed E-state index contributed by atoms with van der Waals surface area (Å²) in [5, 5.41) is 5.97. The number of carbonyl (C=O) groups is 1. The van der Waals surface area contributed by atoms with Gasteiger partial charge in [-0.25, -0.2) is 5.43 Å². The van der Waals surface area contributed by atoms with Gasteiger partial charge in [-0.1, -0.05) is 41.9 Å². The number of nitrogens with one attached hydrogen (secondary N) is 2. The second kappa shape index (κ2) is 7.49. The van der Waals surface area contributed by atoms with Crippen LogP contribution in [0, 0.1) is 0 Å². The van der Waals surface area contributed by atoms with Crippen molar-refractivity contribution in [2.45, 2.75) is 38.4 Å². The molecule has 2 aromatic rings. The molecule has 0 saturated carbocycles. The van der Waals surface area contributed by atoms with Gasteiger partial charge in [0.05, 0.1) is 7.11 Å². The predicted octanol–water partition coefficient (Wildman–Crippen LogP) is 3.61. The van der Waals surface area contributed by atoms with E-state index in [1.807, 2.05) is 43.3 Å². The summed E-state index contributed by atoms with van der Waals surface area (Å²) >= 11 is 6.31. The normalized spacial score (nSPS) is 24.2. The van der Waals surface area contributed by atoms with Gasteiger partial charge in [0.15, 0.2) is 0 Å². The molecule has 2 aromatic carbocycles. The number of benzene rings is 2. The molecule has 28 heavy (non-hydrogen) atoms. The number of nitrogens with zero attached hydrogens (tertiary/aromatic N) is 1. The molecule has 6 heteroatoms. The van der Waals surface area contributed by atoms with E-state index in [1.165, 1.54) is 0 Å². The van der Waals surface area contributed by atoms with E-state index in [-0.39, 0.29) is 24.0 Å². The average molecular weight is 398 g/mol. The van der Waals surface area contributed by atoms with Crippen molar-refractivity contribution in [3.63, 3.8) is 0 Å². The topological polar surface area (TPSA) is 53.6 Å². The van der Waals surface area contributed by atoms with Gasteiger partial charge in [0.25, 0.3) is 5.91 Å². The van der Waals surface area contributed by atoms with Gasteiger partial charge < -0.3 is 10.1 Å². The second-order valence-electron chi connectivity index (χ2n) is 7.35. The molecule has 2 aliphatic heterocycles. The summed E-state index contributed by atoms with van der Waals surface area (Å²) in [7, 11) is 1.66. The first-order valence-corrected chi connectivity index (χ1v) is 9.80. The van der Waals surface area contributed by atoms with Crippen molar-refractivity contribution in [3.8, 4) is 5.75 Å². The van der Waals surface area contributed by atoms with Crippen molar-refractivity contribution >= 4 is 17.5 Å². The summed E-state index contributed by atoms with van der Waals surface area (Å²) < 4.78 is 5.27. The van der Waals surface area contributed by atoms with E-state index in [1.54, 1.807) is 12.1 Å². The Balaban J connectivity index is 1.62. The maximum atomic E-state index is 13.3. The number of hydrogen-bond acceptors (Lipinski definition) is 4. The van der Waals surface area contributed by atoms with Gasteiger partial charge in [-0.3, -0.25) is 9.80 Å². The van der Waals surface area contributed by atoms with Crippen molar-refractivity contribution in [2.24, 2.45) is 0 Å². The zero-order valence-electron chi connectivity index (χ0n) is 16.2. The fourth-order valence-corrected chi connectivity index (χ4v) is 4.31. The van der Waals surface area contributed by atoms with Crippen molar-refractivity contribution in [2.75, 3.05) is 7.11 Å². The summed E-state index contributed by atoms with van der Waals surface area (Å²) in [6.45, 7) is 4.07. The lowest BCUT2D eigenvalue weighted by atomic mass is 9.89. The number of hydrogen-bond donors (Lipinski definition) is 2. The number of carbonyl (C=O) groups excluding carboxylic acids is 1. The Morgan fingerprint density at radius 3 is 2.54 bits per heavy atom. The third-order valence-corrected chi connectivity index (χ3v) is 5.99. The maximum Gasteiger partial charge on any atom is 0.267 e. The molecule has 4 rings (SSSR count). The molecule has 146 valence electrons. The summed E-state index contributed by atoms with van der Waals surface area (Å²) in [6.07, 6.45) is 0.370. The predicted molar refractivity (Wildman–Crippen MR) is 110 cm³/mol. The highest BCUT2D eigenvalue weighted by molar-refractivity contribution is 6.31. The molecule has 0 aromatic heterocycles. The second-order valence-corrected chi connectivity index (χ2v) is 7.76. The molecule has 3 unspecified atom stereocenters. The van der Waals surface area contributed by atoms with Crippen LogP contribution in [0.3, 0.4) is 0 Å². The van der Waals surface area contributed by atoms with E-state index >= 15 is 0 Å². The smallest absolute Gasteiger partial charge is 0.267 e. The van der Waals surface area contributed by atoms with Gasteiger partial charge in [-0.05, 0) is 43.2 Å². The maximum absolute atomic E-state index is 13.3. The van der Waals surface area contributed by atoms with E-state index in [0.29, 0.717) is 11.4 Å². The molecular formula is C22H24ClN3O2. The van der Waals surface area contributed by atoms with Gasteiger partial charge in [-0.15, -0.1) is 0 Å². The van der Waals surface area contributed by atoms with Crippen LogP contribution in [0.2, 0.25) is 5.02 Å². The fraction of sp³-hybridized carbons (Fsp3) is 0.318. The number of methoxy groups -OCH3 is 1. The molecular weight excluding hydrogens is 374 g/mol. The molecule has 1 amide bonds. The minimum absolute atomic E-state index is 0.00373. The monoisotopic (exact) mass is 397 g/mol. The number of halogens is 1. The van der Waals surface area contributed by atoms with Gasteiger partial charge >= 0.3 is 0 Å². The van der Waals surface area contributed by atoms with Gasteiger partial charge in [-0.2, -0.15) is 0 Å². The Bertz CT molecular complexity index is 926. The van der Waals surface area contributed by atoms with Crippen LogP contribution in [0.4, 0.5) is 0 Å². The highest BCUT2D eigenvalue weighted by Crippen LogP contribution is 2.36. The fourth-order valence-electron chi connectivity index (χ4n) is 4.11. The number of allylic oxidation sites excluding steroid dienone is 1. The van der Waals surface area contributed by atoms with E-state index < -0.39 is 0 Å². The number of amides is 1. The van der Waals surface area contributed by atoms with Gasteiger partial charge in [0.2, 0.25) is 0 Å². The third-order valence-electron chi connectivity index (χ3n) is 5.62. The minimum atomic E-state index is -0.133. The van der Waals surface area contributed by atoms with Gasteiger partial charge in [0, 0.05) is 34.7 Å². The highest BCUT2D eigenvalue weighted by Gasteiger charge is 2.46. The first kappa shape index (κ1) is 18.8. The zero-order chi connectivity index (χ0) is 19.8. The molecule has 2 heterocycles. The molecule has 0 aliphatic carbocycles. The van der Waals surface area contributed by atoms with Crippen molar-refractivity contribution in [1.29, 1.82) is 0 Å². The Morgan fingerprint density at radius 2 is 1.86 bits per heavy atom. The quantitative estimate of drug-likeness (QED) is 0.827. The highest BCUT2D eigenvalue weighted by atomic mass is 35.5. The lowest BCUT2D eigenvalue weighted by Crippen LogP contribution is -2.54. The van der Waals surface area contributed by atoms with Crippen molar-refractivity contribution in [3.05, 3.63) is 76.0 Å². The minimum Gasteiger partial charge on any atom is -0.497 e. The van der Waals surface area contributed by atoms with Crippen LogP contribution in [0.25, 0.3) is 0 Å². The number of ether oxygens (including phenoxy) is 1. The Labute approximate surface area is 170 Å². The first-order chi connectivity index (χ1) is 13.5. The molecule has 2 aliphatic rings. The van der Waals surface area contributed by atoms with E-state index in [4.69, 9.17) is 16.3 Å². The van der Waals surface area contributed by atoms with E-state index in [0.717, 1.165) is 28.1 Å². The van der Waals surface area contributed by atoms with E-state index in [2.05, 4.69) is 29.8 Å².